The van der Waals surface area contributed by atoms with Crippen LogP contribution in [-0.2, 0) is 9.53 Å². The van der Waals surface area contributed by atoms with Crippen molar-refractivity contribution in [3.8, 4) is 11.5 Å². The van der Waals surface area contributed by atoms with Gasteiger partial charge in [0.25, 0.3) is 16.6 Å². The van der Waals surface area contributed by atoms with Crippen molar-refractivity contribution in [2.24, 2.45) is 0 Å². The van der Waals surface area contributed by atoms with Crippen molar-refractivity contribution in [1.82, 2.24) is 0 Å². The number of benzene rings is 1. The Morgan fingerprint density at radius 1 is 0.931 bits per heavy atom. The molecule has 0 aliphatic heterocycles. The van der Waals surface area contributed by atoms with Crippen molar-refractivity contribution in [3.63, 3.8) is 0 Å². The predicted octanol–water partition coefficient (Wildman–Crippen LogP) is 7.24. The molecule has 0 N–H and O–H groups in total. The fourth-order valence-corrected chi connectivity index (χ4v) is 4.19. The smallest absolute Gasteiger partial charge is 0.303 e. The Kier molecular flexibility index (Phi) is 7.63. The van der Waals surface area contributed by atoms with Crippen molar-refractivity contribution >= 4 is 22.6 Å². The molecule has 1 aromatic rings. The monoisotopic (exact) mass is 436 g/mol. The van der Waals surface area contributed by atoms with Crippen LogP contribution in [0.15, 0.2) is 30.9 Å². The Labute approximate surface area is 179 Å². The Bertz CT molecular complexity index is 740. The van der Waals surface area contributed by atoms with E-state index in [0.29, 0.717) is 0 Å². The maximum absolute atomic E-state index is 11.5. The number of carbonyl (C=O) groups excluding carboxylic acids is 1. The van der Waals surface area contributed by atoms with Gasteiger partial charge in [-0.1, -0.05) is 54.2 Å². The number of carbonyl (C=O) groups is 1. The fraction of sp³-hybridized carbons (Fsp3) is 0.609. The van der Waals surface area contributed by atoms with Gasteiger partial charge in [-0.15, -0.1) is 0 Å². The highest BCUT2D eigenvalue weighted by molar-refractivity contribution is 6.75. The lowest BCUT2D eigenvalue weighted by molar-refractivity contribution is -0.144. The lowest BCUT2D eigenvalue weighted by Gasteiger charge is -2.40. The molecule has 0 fully saturated rings. The first kappa shape index (κ1) is 25.5. The Morgan fingerprint density at radius 3 is 1.76 bits per heavy atom. The SMILES string of the molecule is C=C[C@H](OC(C)=O)c1ccc(O[Si](C)(C)C(C)(C)C)c(O[Si](C)(C)C(C)(C)C)c1. The maximum Gasteiger partial charge on any atom is 0.303 e. The van der Waals surface area contributed by atoms with Crippen LogP contribution in [0.1, 0.15) is 60.1 Å². The molecule has 0 amide bonds. The minimum Gasteiger partial charge on any atom is -0.541 e. The summed E-state index contributed by atoms with van der Waals surface area (Å²) in [5.74, 6) is 1.14. The number of rotatable bonds is 7. The lowest BCUT2D eigenvalue weighted by atomic mass is 10.1. The van der Waals surface area contributed by atoms with Gasteiger partial charge in [-0.05, 0) is 54.5 Å². The van der Waals surface area contributed by atoms with Gasteiger partial charge < -0.3 is 13.6 Å². The molecule has 0 spiro atoms. The van der Waals surface area contributed by atoms with Crippen LogP contribution in [0.25, 0.3) is 0 Å². The summed E-state index contributed by atoms with van der Waals surface area (Å²) in [6.45, 7) is 27.4. The fourth-order valence-electron chi connectivity index (χ4n) is 2.15. The van der Waals surface area contributed by atoms with E-state index >= 15 is 0 Å². The van der Waals surface area contributed by atoms with E-state index < -0.39 is 22.7 Å². The molecule has 0 unspecified atom stereocenters. The summed E-state index contributed by atoms with van der Waals surface area (Å²) in [6, 6.07) is 5.81. The molecule has 0 saturated heterocycles. The number of hydrogen-bond donors (Lipinski definition) is 0. The topological polar surface area (TPSA) is 44.8 Å². The molecule has 0 heterocycles. The van der Waals surface area contributed by atoms with Gasteiger partial charge in [0.15, 0.2) is 0 Å². The van der Waals surface area contributed by atoms with Crippen LogP contribution in [0.5, 0.6) is 11.5 Å². The standard InChI is InChI=1S/C23H40O4Si2/c1-13-19(25-17(2)24)18-14-15-20(26-28(9,10)22(3,4)5)21(16-18)27-29(11,12)23(6,7)8/h13-16,19H,1H2,2-12H3/t19-/m0/s1. The summed E-state index contributed by atoms with van der Waals surface area (Å²) in [5.41, 5.74) is 0.825. The third-order valence-electron chi connectivity index (χ3n) is 6.15. The van der Waals surface area contributed by atoms with E-state index in [1.54, 1.807) is 6.08 Å². The van der Waals surface area contributed by atoms with E-state index in [1.165, 1.54) is 6.92 Å². The van der Waals surface area contributed by atoms with Gasteiger partial charge >= 0.3 is 5.97 Å². The Morgan fingerprint density at radius 2 is 1.38 bits per heavy atom. The second-order valence-corrected chi connectivity index (χ2v) is 20.1. The first-order valence-electron chi connectivity index (χ1n) is 10.2. The molecule has 0 aliphatic carbocycles. The van der Waals surface area contributed by atoms with Crippen LogP contribution in [0.3, 0.4) is 0 Å². The predicted molar refractivity (Wildman–Crippen MR) is 127 cm³/mol. The van der Waals surface area contributed by atoms with Crippen LogP contribution in [0.4, 0.5) is 0 Å². The molecule has 0 aliphatic rings. The summed E-state index contributed by atoms with van der Waals surface area (Å²) in [4.78, 5) is 11.5. The molecule has 1 atom stereocenters. The second-order valence-electron chi connectivity index (χ2n) is 10.7. The van der Waals surface area contributed by atoms with Gasteiger partial charge in [-0.3, -0.25) is 4.79 Å². The van der Waals surface area contributed by atoms with Crippen LogP contribution < -0.4 is 8.85 Å². The number of esters is 1. The van der Waals surface area contributed by atoms with Crippen molar-refractivity contribution in [2.45, 2.75) is 90.8 Å². The zero-order chi connectivity index (χ0) is 22.8. The van der Waals surface area contributed by atoms with Gasteiger partial charge in [0.1, 0.15) is 17.6 Å². The van der Waals surface area contributed by atoms with Gasteiger partial charge in [0.2, 0.25) is 0 Å². The van der Waals surface area contributed by atoms with Crippen LogP contribution >= 0.6 is 0 Å². The lowest BCUT2D eigenvalue weighted by Crippen LogP contribution is -2.45. The molecule has 1 rings (SSSR count). The minimum atomic E-state index is -2.10. The molecule has 29 heavy (non-hydrogen) atoms. The second kappa shape index (κ2) is 8.68. The van der Waals surface area contributed by atoms with E-state index in [1.807, 2.05) is 18.2 Å². The molecule has 6 heteroatoms. The highest BCUT2D eigenvalue weighted by atomic mass is 28.4. The average Bonchev–Trinajstić information content (AvgIpc) is 2.51. The molecule has 0 saturated carbocycles. The summed E-state index contributed by atoms with van der Waals surface area (Å²) in [7, 11) is -4.14. The molecule has 0 bridgehead atoms. The largest absolute Gasteiger partial charge is 0.541 e. The normalized spacial score (nSPS) is 14.2. The van der Waals surface area contributed by atoms with Crippen LogP contribution in [0, 0.1) is 0 Å². The van der Waals surface area contributed by atoms with Crippen molar-refractivity contribution in [2.75, 3.05) is 0 Å². The Hall–Kier alpha value is -1.54. The third kappa shape index (κ3) is 6.47. The van der Waals surface area contributed by atoms with Gasteiger partial charge in [0.05, 0.1) is 0 Å². The first-order chi connectivity index (χ1) is 12.9. The van der Waals surface area contributed by atoms with Gasteiger partial charge in [0, 0.05) is 12.5 Å². The summed E-state index contributed by atoms with van der Waals surface area (Å²) < 4.78 is 18.7. The van der Waals surface area contributed by atoms with Crippen LogP contribution in [-0.4, -0.2) is 22.6 Å². The molecule has 4 nitrogen and oxygen atoms in total. The van der Waals surface area contributed by atoms with Gasteiger partial charge in [-0.25, -0.2) is 0 Å². The van der Waals surface area contributed by atoms with E-state index in [-0.39, 0.29) is 16.0 Å². The van der Waals surface area contributed by atoms with E-state index in [4.69, 9.17) is 13.6 Å². The number of ether oxygens (including phenoxy) is 1. The molecule has 0 aromatic heterocycles. The highest BCUT2D eigenvalue weighted by Gasteiger charge is 2.42. The quantitative estimate of drug-likeness (QED) is 0.256. The van der Waals surface area contributed by atoms with Crippen molar-refractivity contribution in [1.29, 1.82) is 0 Å². The average molecular weight is 437 g/mol. The van der Waals surface area contributed by atoms with Crippen molar-refractivity contribution in [3.05, 3.63) is 36.4 Å². The summed E-state index contributed by atoms with van der Waals surface area (Å²) >= 11 is 0. The zero-order valence-electron chi connectivity index (χ0n) is 20.2. The summed E-state index contributed by atoms with van der Waals surface area (Å²) in [5, 5.41) is 0.117. The molecule has 1 aromatic carbocycles. The Balaban J connectivity index is 3.48. The minimum absolute atomic E-state index is 0.0466. The van der Waals surface area contributed by atoms with Crippen LogP contribution in [0.2, 0.25) is 36.3 Å². The van der Waals surface area contributed by atoms with E-state index in [2.05, 4.69) is 74.3 Å². The molecular formula is C23H40O4Si2. The first-order valence-corrected chi connectivity index (χ1v) is 16.0. The number of hydrogen-bond acceptors (Lipinski definition) is 4. The van der Waals surface area contributed by atoms with Crippen molar-refractivity contribution < 1.29 is 18.4 Å². The third-order valence-corrected chi connectivity index (χ3v) is 14.8. The summed E-state index contributed by atoms with van der Waals surface area (Å²) in [6.07, 6.45) is 1.11. The molecular weight excluding hydrogens is 396 g/mol. The van der Waals surface area contributed by atoms with E-state index in [9.17, 15) is 4.79 Å². The maximum atomic E-state index is 11.5. The highest BCUT2D eigenvalue weighted by Crippen LogP contribution is 2.44. The zero-order valence-corrected chi connectivity index (χ0v) is 22.2. The van der Waals surface area contributed by atoms with E-state index in [0.717, 1.165) is 17.1 Å². The molecule has 0 radical (unpaired) electrons. The van der Waals surface area contributed by atoms with Gasteiger partial charge in [-0.2, -0.15) is 0 Å². The molecule has 164 valence electrons.